The summed E-state index contributed by atoms with van der Waals surface area (Å²) in [5.74, 6) is 0. The first-order valence-corrected chi connectivity index (χ1v) is 8.05. The van der Waals surface area contributed by atoms with Crippen LogP contribution in [0, 0.1) is 0 Å². The maximum atomic E-state index is 12.6. The number of aliphatic hydroxyl groups excluding tert-OH is 1. The van der Waals surface area contributed by atoms with E-state index in [1.165, 1.54) is 17.0 Å². The van der Waals surface area contributed by atoms with Crippen molar-refractivity contribution in [1.82, 2.24) is 4.90 Å². The van der Waals surface area contributed by atoms with Gasteiger partial charge in [-0.25, -0.2) is 4.79 Å². The van der Waals surface area contributed by atoms with Gasteiger partial charge in [-0.3, -0.25) is 0 Å². The number of aliphatic hydroxyl groups is 1. The van der Waals surface area contributed by atoms with Gasteiger partial charge in [-0.2, -0.15) is 13.2 Å². The summed E-state index contributed by atoms with van der Waals surface area (Å²) in [4.78, 5) is 13.5. The van der Waals surface area contributed by atoms with Gasteiger partial charge in [-0.05, 0) is 51.5 Å². The van der Waals surface area contributed by atoms with Gasteiger partial charge >= 0.3 is 12.3 Å². The first-order chi connectivity index (χ1) is 11.5. The van der Waals surface area contributed by atoms with Crippen molar-refractivity contribution in [3.05, 3.63) is 29.8 Å². The van der Waals surface area contributed by atoms with Crippen molar-refractivity contribution in [2.45, 2.75) is 51.1 Å². The van der Waals surface area contributed by atoms with Crippen LogP contribution in [0.3, 0.4) is 0 Å². The summed E-state index contributed by atoms with van der Waals surface area (Å²) in [6.07, 6.45) is -5.25. The standard InChI is InChI=1S/C17H23F3N2O3/c1-16(2,3)25-15(24)22-9-8-13(14(23)10-22)21-12-6-4-11(5-7-12)17(18,19)20/h4-7,13-14,21,23H,8-10H2,1-3H3/t13-,14+/m1/s1. The van der Waals surface area contributed by atoms with Gasteiger partial charge in [0.1, 0.15) is 5.60 Å². The van der Waals surface area contributed by atoms with E-state index in [4.69, 9.17) is 4.74 Å². The number of alkyl halides is 3. The van der Waals surface area contributed by atoms with Crippen LogP contribution in [0.4, 0.5) is 23.7 Å². The van der Waals surface area contributed by atoms with Gasteiger partial charge in [0, 0.05) is 12.2 Å². The second kappa shape index (κ2) is 7.11. The minimum atomic E-state index is -4.38. The molecule has 2 N–H and O–H groups in total. The third kappa shape index (κ3) is 5.52. The van der Waals surface area contributed by atoms with E-state index in [9.17, 15) is 23.1 Å². The van der Waals surface area contributed by atoms with Crippen LogP contribution in [0.15, 0.2) is 24.3 Å². The van der Waals surface area contributed by atoms with Crippen LogP contribution in [-0.2, 0) is 10.9 Å². The first kappa shape index (κ1) is 19.4. The molecular weight excluding hydrogens is 337 g/mol. The number of carbonyl (C=O) groups is 1. The molecule has 25 heavy (non-hydrogen) atoms. The summed E-state index contributed by atoms with van der Waals surface area (Å²) in [6.45, 7) is 5.79. The summed E-state index contributed by atoms with van der Waals surface area (Å²) >= 11 is 0. The summed E-state index contributed by atoms with van der Waals surface area (Å²) in [5.41, 5.74) is -0.849. The molecule has 1 aliphatic rings. The molecule has 0 unspecified atom stereocenters. The largest absolute Gasteiger partial charge is 0.444 e. The highest BCUT2D eigenvalue weighted by atomic mass is 19.4. The lowest BCUT2D eigenvalue weighted by Gasteiger charge is -2.37. The van der Waals surface area contributed by atoms with E-state index in [-0.39, 0.29) is 12.6 Å². The molecule has 0 aliphatic carbocycles. The Morgan fingerprint density at radius 3 is 2.32 bits per heavy atom. The Hall–Kier alpha value is -1.96. The number of hydrogen-bond donors (Lipinski definition) is 2. The van der Waals surface area contributed by atoms with Gasteiger partial charge in [-0.15, -0.1) is 0 Å². The van der Waals surface area contributed by atoms with Gasteiger partial charge in [-0.1, -0.05) is 0 Å². The number of β-amino-alcohol motifs (C(OH)–C–C–N with tert-alkyl or cyclic N) is 1. The first-order valence-electron chi connectivity index (χ1n) is 8.05. The van der Waals surface area contributed by atoms with E-state index < -0.39 is 29.5 Å². The third-order valence-electron chi connectivity index (χ3n) is 3.80. The molecule has 140 valence electrons. The molecule has 5 nitrogen and oxygen atoms in total. The minimum Gasteiger partial charge on any atom is -0.444 e. The number of hydrogen-bond acceptors (Lipinski definition) is 4. The van der Waals surface area contributed by atoms with Gasteiger partial charge in [0.15, 0.2) is 0 Å². The van der Waals surface area contributed by atoms with Crippen LogP contribution in [-0.4, -0.2) is 46.9 Å². The smallest absolute Gasteiger partial charge is 0.416 e. The van der Waals surface area contributed by atoms with Gasteiger partial charge < -0.3 is 20.1 Å². The van der Waals surface area contributed by atoms with E-state index in [0.717, 1.165) is 12.1 Å². The van der Waals surface area contributed by atoms with E-state index in [1.54, 1.807) is 20.8 Å². The number of anilines is 1. The maximum absolute atomic E-state index is 12.6. The van der Waals surface area contributed by atoms with Crippen LogP contribution in [0.5, 0.6) is 0 Å². The van der Waals surface area contributed by atoms with E-state index >= 15 is 0 Å². The van der Waals surface area contributed by atoms with Crippen LogP contribution >= 0.6 is 0 Å². The average molecular weight is 360 g/mol. The van der Waals surface area contributed by atoms with Crippen molar-refractivity contribution in [3.63, 3.8) is 0 Å². The topological polar surface area (TPSA) is 61.8 Å². The number of likely N-dealkylation sites (tertiary alicyclic amines) is 1. The van der Waals surface area contributed by atoms with Crippen LogP contribution < -0.4 is 5.32 Å². The molecule has 0 saturated carbocycles. The molecule has 1 fully saturated rings. The zero-order valence-corrected chi connectivity index (χ0v) is 14.4. The number of amides is 1. The van der Waals surface area contributed by atoms with Gasteiger partial charge in [0.2, 0.25) is 0 Å². The van der Waals surface area contributed by atoms with Gasteiger partial charge in [0.25, 0.3) is 0 Å². The maximum Gasteiger partial charge on any atom is 0.416 e. The molecule has 1 aromatic carbocycles. The fourth-order valence-corrected chi connectivity index (χ4v) is 2.56. The molecule has 1 heterocycles. The summed E-state index contributed by atoms with van der Waals surface area (Å²) < 4.78 is 43.0. The van der Waals surface area contributed by atoms with Gasteiger partial charge in [0.05, 0.1) is 24.3 Å². The summed E-state index contributed by atoms with van der Waals surface area (Å²) in [6, 6.07) is 4.29. The van der Waals surface area contributed by atoms with Crippen molar-refractivity contribution < 1.29 is 27.8 Å². The molecule has 1 saturated heterocycles. The summed E-state index contributed by atoms with van der Waals surface area (Å²) in [7, 11) is 0. The lowest BCUT2D eigenvalue weighted by atomic mass is 10.0. The number of piperidine rings is 1. The highest BCUT2D eigenvalue weighted by molar-refractivity contribution is 5.68. The fraction of sp³-hybridized carbons (Fsp3) is 0.588. The molecular formula is C17H23F3N2O3. The Morgan fingerprint density at radius 2 is 1.84 bits per heavy atom. The number of carbonyl (C=O) groups excluding carboxylic acids is 1. The number of rotatable bonds is 2. The SMILES string of the molecule is CC(C)(C)OC(=O)N1CC[C@@H](Nc2ccc(C(F)(F)F)cc2)[C@@H](O)C1. The molecule has 0 aromatic heterocycles. The lowest BCUT2D eigenvalue weighted by molar-refractivity contribution is -0.137. The highest BCUT2D eigenvalue weighted by Crippen LogP contribution is 2.30. The monoisotopic (exact) mass is 360 g/mol. The molecule has 0 bridgehead atoms. The zero-order valence-electron chi connectivity index (χ0n) is 14.4. The van der Waals surface area contributed by atoms with E-state index in [0.29, 0.717) is 18.7 Å². The van der Waals surface area contributed by atoms with Crippen LogP contribution in [0.2, 0.25) is 0 Å². The van der Waals surface area contributed by atoms with E-state index in [1.807, 2.05) is 0 Å². The normalized spacial score (nSPS) is 21.8. The molecule has 1 aliphatic heterocycles. The zero-order chi connectivity index (χ0) is 18.8. The Balaban J connectivity index is 1.92. The molecule has 2 rings (SSSR count). The molecule has 0 radical (unpaired) electrons. The molecule has 1 aromatic rings. The number of ether oxygens (including phenoxy) is 1. The van der Waals surface area contributed by atoms with Crippen molar-refractivity contribution in [2.24, 2.45) is 0 Å². The lowest BCUT2D eigenvalue weighted by Crippen LogP contribution is -2.52. The molecule has 2 atom stereocenters. The Bertz CT molecular complexity index is 597. The Morgan fingerprint density at radius 1 is 1.24 bits per heavy atom. The highest BCUT2D eigenvalue weighted by Gasteiger charge is 2.33. The van der Waals surface area contributed by atoms with Crippen LogP contribution in [0.1, 0.15) is 32.8 Å². The molecule has 0 spiro atoms. The average Bonchev–Trinajstić information content (AvgIpc) is 2.47. The molecule has 8 heteroatoms. The number of nitrogens with zero attached hydrogens (tertiary/aromatic N) is 1. The van der Waals surface area contributed by atoms with Crippen LogP contribution in [0.25, 0.3) is 0 Å². The Labute approximate surface area is 144 Å². The van der Waals surface area contributed by atoms with Crippen molar-refractivity contribution in [3.8, 4) is 0 Å². The van der Waals surface area contributed by atoms with Crippen molar-refractivity contribution in [2.75, 3.05) is 18.4 Å². The summed E-state index contributed by atoms with van der Waals surface area (Å²) in [5, 5.41) is 13.3. The predicted molar refractivity (Wildman–Crippen MR) is 87.3 cm³/mol. The second-order valence-corrected chi connectivity index (χ2v) is 7.11. The van der Waals surface area contributed by atoms with Crippen molar-refractivity contribution >= 4 is 11.8 Å². The van der Waals surface area contributed by atoms with E-state index in [2.05, 4.69) is 5.32 Å². The minimum absolute atomic E-state index is 0.104. The number of nitrogens with one attached hydrogen (secondary N) is 1. The second-order valence-electron chi connectivity index (χ2n) is 7.11. The number of benzene rings is 1. The third-order valence-corrected chi connectivity index (χ3v) is 3.80. The Kier molecular flexibility index (Phi) is 5.51. The quantitative estimate of drug-likeness (QED) is 0.848. The number of halogens is 3. The molecule has 1 amide bonds. The predicted octanol–water partition coefficient (Wildman–Crippen LogP) is 3.49. The van der Waals surface area contributed by atoms with Crippen molar-refractivity contribution in [1.29, 1.82) is 0 Å². The fourth-order valence-electron chi connectivity index (χ4n) is 2.56.